The highest BCUT2D eigenvalue weighted by Crippen LogP contribution is 2.17. The van der Waals surface area contributed by atoms with Crippen molar-refractivity contribution in [2.75, 3.05) is 32.0 Å². The Morgan fingerprint density at radius 2 is 1.15 bits per heavy atom. The molecule has 2 N–H and O–H groups in total. The molecule has 0 saturated carbocycles. The van der Waals surface area contributed by atoms with Gasteiger partial charge >= 0.3 is 11.9 Å². The fourth-order valence-electron chi connectivity index (χ4n) is 5.58. The first-order chi connectivity index (χ1) is 23.0. The Kier molecular flexibility index (Phi) is 34.6. The number of carbonyl (C=O) groups excluding carboxylic acids is 3. The van der Waals surface area contributed by atoms with Gasteiger partial charge in [0.2, 0.25) is 0 Å². The molecule has 0 spiro atoms. The molecular weight excluding hydrogens is 609 g/mol. The average Bonchev–Trinajstić information content (AvgIpc) is 3.06. The van der Waals surface area contributed by atoms with Crippen LogP contribution in [-0.4, -0.2) is 60.2 Å². The lowest BCUT2D eigenvalue weighted by Crippen LogP contribution is -2.30. The van der Waals surface area contributed by atoms with Gasteiger partial charge in [0.05, 0.1) is 0 Å². The second-order valence-electron chi connectivity index (χ2n) is 13.0. The van der Waals surface area contributed by atoms with Gasteiger partial charge in [0.1, 0.15) is 12.7 Å². The summed E-state index contributed by atoms with van der Waals surface area (Å²) >= 11 is 1.32. The highest BCUT2D eigenvalue weighted by Gasteiger charge is 2.15. The molecule has 0 bridgehead atoms. The van der Waals surface area contributed by atoms with E-state index in [4.69, 9.17) is 15.2 Å². The number of rotatable bonds is 34. The molecule has 0 aliphatic carbocycles. The van der Waals surface area contributed by atoms with E-state index >= 15 is 0 Å². The molecule has 8 heteroatoms. The summed E-state index contributed by atoms with van der Waals surface area (Å²) in [5.41, 5.74) is 5.64. The summed E-state index contributed by atoms with van der Waals surface area (Å²) in [5, 5.41) is 0.128. The third kappa shape index (κ3) is 31.5. The van der Waals surface area contributed by atoms with E-state index in [0.717, 1.165) is 109 Å². The van der Waals surface area contributed by atoms with E-state index in [1.54, 1.807) is 0 Å². The highest BCUT2D eigenvalue weighted by atomic mass is 32.2. The van der Waals surface area contributed by atoms with Crippen LogP contribution in [0.5, 0.6) is 0 Å². The van der Waals surface area contributed by atoms with Gasteiger partial charge in [-0.3, -0.25) is 14.4 Å². The van der Waals surface area contributed by atoms with Gasteiger partial charge in [-0.1, -0.05) is 128 Å². The van der Waals surface area contributed by atoms with Crippen LogP contribution in [0.1, 0.15) is 181 Å². The molecule has 0 aromatic heterocycles. The van der Waals surface area contributed by atoms with Crippen molar-refractivity contribution in [1.82, 2.24) is 4.90 Å². The van der Waals surface area contributed by atoms with Crippen molar-refractivity contribution in [1.29, 1.82) is 0 Å². The standard InChI is InChI=1S/C39H74N2O5S/c1-4-7-10-11-12-19-26-34-45-37(42)29-22-15-13-17-24-32-41(39(44)47-35-31-40)33-25-18-14-16-23-30-38(43)46-36(27-20-8-5-2)28-21-9-6-3/h19,26,36H,4-18,20-25,27-35,40H2,1-3H3/b26-19-. The van der Waals surface area contributed by atoms with Crippen molar-refractivity contribution in [3.8, 4) is 0 Å². The smallest absolute Gasteiger partial charge is 0.306 e. The van der Waals surface area contributed by atoms with Gasteiger partial charge in [0.15, 0.2) is 0 Å². The number of amides is 1. The first-order valence-electron chi connectivity index (χ1n) is 19.6. The van der Waals surface area contributed by atoms with Crippen LogP contribution in [-0.2, 0) is 19.1 Å². The lowest BCUT2D eigenvalue weighted by molar-refractivity contribution is -0.150. The Labute approximate surface area is 294 Å². The van der Waals surface area contributed by atoms with Gasteiger partial charge in [-0.25, -0.2) is 0 Å². The van der Waals surface area contributed by atoms with Crippen molar-refractivity contribution in [2.24, 2.45) is 5.73 Å². The summed E-state index contributed by atoms with van der Waals surface area (Å²) < 4.78 is 11.2. The Morgan fingerprint density at radius 1 is 0.638 bits per heavy atom. The number of unbranched alkanes of at least 4 members (excludes halogenated alkanes) is 16. The van der Waals surface area contributed by atoms with E-state index in [0.29, 0.717) is 31.7 Å². The minimum absolute atomic E-state index is 0.0344. The number of esters is 2. The number of hydrogen-bond donors (Lipinski definition) is 1. The van der Waals surface area contributed by atoms with E-state index in [2.05, 4.69) is 26.8 Å². The van der Waals surface area contributed by atoms with Crippen LogP contribution in [0.25, 0.3) is 0 Å². The predicted octanol–water partition coefficient (Wildman–Crippen LogP) is 10.9. The maximum Gasteiger partial charge on any atom is 0.306 e. The van der Waals surface area contributed by atoms with Crippen molar-refractivity contribution in [2.45, 2.75) is 187 Å². The molecule has 47 heavy (non-hydrogen) atoms. The van der Waals surface area contributed by atoms with Gasteiger partial charge in [0.25, 0.3) is 5.24 Å². The molecule has 0 unspecified atom stereocenters. The van der Waals surface area contributed by atoms with Crippen LogP contribution >= 0.6 is 11.8 Å². The number of carbonyl (C=O) groups is 3. The van der Waals surface area contributed by atoms with Crippen molar-refractivity contribution in [3.05, 3.63) is 12.2 Å². The molecule has 0 aliphatic heterocycles. The first kappa shape index (κ1) is 45.5. The molecule has 0 aromatic carbocycles. The number of ether oxygens (including phenoxy) is 2. The van der Waals surface area contributed by atoms with Gasteiger partial charge in [-0.15, -0.1) is 0 Å². The first-order valence-corrected chi connectivity index (χ1v) is 20.6. The summed E-state index contributed by atoms with van der Waals surface area (Å²) in [5.74, 6) is 0.500. The summed E-state index contributed by atoms with van der Waals surface area (Å²) in [6, 6.07) is 0. The third-order valence-corrected chi connectivity index (χ3v) is 9.45. The van der Waals surface area contributed by atoms with Crippen molar-refractivity contribution >= 4 is 28.9 Å². The van der Waals surface area contributed by atoms with E-state index in [-0.39, 0.29) is 23.3 Å². The highest BCUT2D eigenvalue weighted by molar-refractivity contribution is 8.13. The molecule has 0 aromatic rings. The van der Waals surface area contributed by atoms with E-state index in [9.17, 15) is 14.4 Å². The molecule has 0 heterocycles. The van der Waals surface area contributed by atoms with Crippen molar-refractivity contribution in [3.63, 3.8) is 0 Å². The number of nitrogens with zero attached hydrogens (tertiary/aromatic N) is 1. The molecule has 0 atom stereocenters. The molecule has 0 saturated heterocycles. The minimum atomic E-state index is -0.112. The zero-order valence-corrected chi connectivity index (χ0v) is 31.7. The van der Waals surface area contributed by atoms with E-state index in [1.165, 1.54) is 63.1 Å². The average molecular weight is 683 g/mol. The van der Waals surface area contributed by atoms with Gasteiger partial charge in [0, 0.05) is 38.2 Å². The second kappa shape index (κ2) is 35.8. The Morgan fingerprint density at radius 3 is 1.72 bits per heavy atom. The second-order valence-corrected chi connectivity index (χ2v) is 14.1. The lowest BCUT2D eigenvalue weighted by atomic mass is 10.0. The zero-order valence-electron chi connectivity index (χ0n) is 30.9. The van der Waals surface area contributed by atoms with E-state index in [1.807, 2.05) is 11.0 Å². The molecule has 0 rings (SSSR count). The summed E-state index contributed by atoms with van der Waals surface area (Å²) in [6.07, 6.45) is 30.2. The maximum atomic E-state index is 12.8. The monoisotopic (exact) mass is 683 g/mol. The fraction of sp³-hybridized carbons (Fsp3) is 0.872. The topological polar surface area (TPSA) is 98.9 Å². The molecule has 0 radical (unpaired) electrons. The van der Waals surface area contributed by atoms with Crippen LogP contribution in [0, 0.1) is 0 Å². The van der Waals surface area contributed by atoms with Crippen molar-refractivity contribution < 1.29 is 23.9 Å². The lowest BCUT2D eigenvalue weighted by Gasteiger charge is -2.22. The van der Waals surface area contributed by atoms with Crippen LogP contribution in [0.15, 0.2) is 12.2 Å². The quantitative estimate of drug-likeness (QED) is 0.0409. The van der Waals surface area contributed by atoms with Crippen LogP contribution in [0.2, 0.25) is 0 Å². The summed E-state index contributed by atoms with van der Waals surface area (Å²) in [6.45, 7) is 9.05. The molecule has 0 aliphatic rings. The Bertz CT molecular complexity index is 754. The molecule has 7 nitrogen and oxygen atoms in total. The summed E-state index contributed by atoms with van der Waals surface area (Å²) in [4.78, 5) is 39.2. The number of hydrogen-bond acceptors (Lipinski definition) is 7. The van der Waals surface area contributed by atoms with Gasteiger partial charge < -0.3 is 20.1 Å². The minimum Gasteiger partial charge on any atom is -0.462 e. The Hall–Kier alpha value is -1.54. The summed E-state index contributed by atoms with van der Waals surface area (Å²) in [7, 11) is 0. The van der Waals surface area contributed by atoms with Crippen LogP contribution < -0.4 is 5.73 Å². The van der Waals surface area contributed by atoms with Crippen LogP contribution in [0.3, 0.4) is 0 Å². The largest absolute Gasteiger partial charge is 0.462 e. The zero-order chi connectivity index (χ0) is 34.6. The SMILES string of the molecule is CCCCCC/C=C\COC(=O)CCCCCCCN(CCCCCCCC(=O)OC(CCCCC)CCCCC)C(=O)SCCN. The molecule has 0 fully saturated rings. The number of allylic oxidation sites excluding steroid dienone is 1. The van der Waals surface area contributed by atoms with Gasteiger partial charge in [-0.2, -0.15) is 0 Å². The fourth-order valence-corrected chi connectivity index (χ4v) is 6.23. The van der Waals surface area contributed by atoms with Crippen LogP contribution in [0.4, 0.5) is 4.79 Å². The maximum absolute atomic E-state index is 12.8. The van der Waals surface area contributed by atoms with Gasteiger partial charge in [-0.05, 0) is 64.2 Å². The molecule has 276 valence electrons. The predicted molar refractivity (Wildman–Crippen MR) is 201 cm³/mol. The van der Waals surface area contributed by atoms with E-state index < -0.39 is 0 Å². The third-order valence-electron chi connectivity index (χ3n) is 8.51. The number of nitrogens with two attached hydrogens (primary N) is 1. The Balaban J connectivity index is 4.11. The number of thioether (sulfide) groups is 1. The molecule has 1 amide bonds. The molecular formula is C39H74N2O5S. The normalized spacial score (nSPS) is 11.4.